The average molecular weight is 622 g/mol. The van der Waals surface area contributed by atoms with E-state index in [1.54, 1.807) is 0 Å². The van der Waals surface area contributed by atoms with Crippen LogP contribution in [0.15, 0.2) is 12.1 Å². The van der Waals surface area contributed by atoms with Gasteiger partial charge in [-0.1, -0.05) is 0 Å². The van der Waals surface area contributed by atoms with Gasteiger partial charge in [-0.2, -0.15) is 0 Å². The van der Waals surface area contributed by atoms with Crippen molar-refractivity contribution in [1.82, 2.24) is 0 Å². The normalized spacial score (nSPS) is 10.3. The summed E-state index contributed by atoms with van der Waals surface area (Å²) in [5, 5.41) is 74.8. The number of benzene rings is 2. The maximum absolute atomic E-state index is 12.6. The second kappa shape index (κ2) is 12.8. The predicted molar refractivity (Wildman–Crippen MR) is 129 cm³/mol. The second-order valence-corrected chi connectivity index (χ2v) is 7.91. The number of carboxylic acid groups (broad SMARTS) is 8. The largest absolute Gasteiger partial charge is 0.478 e. The van der Waals surface area contributed by atoms with Crippen LogP contribution in [0, 0.1) is 0 Å². The minimum atomic E-state index is -2.24. The highest BCUT2D eigenvalue weighted by atomic mass is 16.6. The fraction of sp³-hybridized carbons (Fsp3) is 0.0833. The third kappa shape index (κ3) is 6.38. The van der Waals surface area contributed by atoms with E-state index in [0.717, 1.165) is 0 Å². The molecular weight excluding hydrogens is 608 g/mol. The zero-order chi connectivity index (χ0) is 33.8. The molecule has 0 saturated carbocycles. The van der Waals surface area contributed by atoms with Crippen LogP contribution in [0.2, 0.25) is 0 Å². The van der Waals surface area contributed by atoms with Crippen molar-refractivity contribution in [3.8, 4) is 0 Å². The van der Waals surface area contributed by atoms with E-state index in [0.29, 0.717) is 0 Å². The van der Waals surface area contributed by atoms with E-state index in [2.05, 4.69) is 9.47 Å². The number of carbonyl (C=O) groups is 10. The number of hydrogen-bond acceptors (Lipinski definition) is 12. The third-order valence-corrected chi connectivity index (χ3v) is 5.39. The summed E-state index contributed by atoms with van der Waals surface area (Å²) in [7, 11) is 0. The van der Waals surface area contributed by atoms with Gasteiger partial charge < -0.3 is 50.3 Å². The Kier molecular flexibility index (Phi) is 9.67. The van der Waals surface area contributed by atoms with E-state index < -0.39 is 129 Å². The summed E-state index contributed by atoms with van der Waals surface area (Å²) in [6, 6.07) is 0.417. The number of rotatable bonds is 13. The first-order chi connectivity index (χ1) is 20.3. The molecule has 0 saturated heterocycles. The zero-order valence-corrected chi connectivity index (χ0v) is 21.0. The van der Waals surface area contributed by atoms with Crippen molar-refractivity contribution in [2.24, 2.45) is 0 Å². The van der Waals surface area contributed by atoms with Crippen molar-refractivity contribution < 1.29 is 98.3 Å². The van der Waals surface area contributed by atoms with Gasteiger partial charge in [-0.05, 0) is 12.1 Å². The van der Waals surface area contributed by atoms with Gasteiger partial charge in [0.1, 0.15) is 13.2 Å². The molecule has 0 aliphatic rings. The highest BCUT2D eigenvalue weighted by Crippen LogP contribution is 2.27. The van der Waals surface area contributed by atoms with Crippen molar-refractivity contribution in [3.63, 3.8) is 0 Å². The van der Waals surface area contributed by atoms with E-state index in [1.165, 1.54) is 0 Å². The maximum atomic E-state index is 12.6. The second-order valence-electron chi connectivity index (χ2n) is 7.91. The Morgan fingerprint density at radius 1 is 0.364 bits per heavy atom. The highest BCUT2D eigenvalue weighted by Gasteiger charge is 2.36. The van der Waals surface area contributed by atoms with Crippen molar-refractivity contribution in [2.45, 2.75) is 0 Å². The van der Waals surface area contributed by atoms with Gasteiger partial charge in [-0.3, -0.25) is 0 Å². The van der Waals surface area contributed by atoms with Gasteiger partial charge in [0.15, 0.2) is 0 Å². The lowest BCUT2D eigenvalue weighted by molar-refractivity contribution is 0.0261. The molecule has 0 heterocycles. The Hall–Kier alpha value is -6.86. The molecule has 0 bridgehead atoms. The Balaban J connectivity index is 2.48. The van der Waals surface area contributed by atoms with Crippen LogP contribution in [0.4, 0.5) is 0 Å². The van der Waals surface area contributed by atoms with Crippen molar-refractivity contribution in [2.75, 3.05) is 13.2 Å². The molecule has 230 valence electrons. The van der Waals surface area contributed by atoms with Crippen LogP contribution < -0.4 is 0 Å². The lowest BCUT2D eigenvalue weighted by atomic mass is 9.91. The minimum absolute atomic E-state index is 0.208. The van der Waals surface area contributed by atoms with E-state index in [-0.39, 0.29) is 12.1 Å². The SMILES string of the molecule is O=C(O)c1cc(C(=O)OCCOC(=O)c2cc(C(=O)O)c(C(=O)O)c(C(=O)O)c2C(=O)O)c(C(=O)O)c(C(=O)O)c1C(=O)O. The van der Waals surface area contributed by atoms with Crippen LogP contribution in [0.5, 0.6) is 0 Å². The van der Waals surface area contributed by atoms with E-state index in [4.69, 9.17) is 0 Å². The third-order valence-electron chi connectivity index (χ3n) is 5.39. The molecule has 44 heavy (non-hydrogen) atoms. The number of carboxylic acids is 8. The zero-order valence-electron chi connectivity index (χ0n) is 21.0. The smallest absolute Gasteiger partial charge is 0.339 e. The number of ether oxygens (including phenoxy) is 2. The fourth-order valence-electron chi connectivity index (χ4n) is 3.77. The van der Waals surface area contributed by atoms with E-state index >= 15 is 0 Å². The summed E-state index contributed by atoms with van der Waals surface area (Å²) in [5.74, 6) is -20.9. The van der Waals surface area contributed by atoms with Crippen LogP contribution in [0.1, 0.15) is 104 Å². The first-order valence-electron chi connectivity index (χ1n) is 11.0. The number of carbonyl (C=O) groups excluding carboxylic acids is 2. The maximum Gasteiger partial charge on any atom is 0.339 e. The van der Waals surface area contributed by atoms with Crippen LogP contribution in [0.3, 0.4) is 0 Å². The van der Waals surface area contributed by atoms with Gasteiger partial charge >= 0.3 is 59.7 Å². The first-order valence-corrected chi connectivity index (χ1v) is 11.0. The molecule has 8 N–H and O–H groups in total. The van der Waals surface area contributed by atoms with Crippen molar-refractivity contribution >= 4 is 59.7 Å². The molecule has 20 heteroatoms. The lowest BCUT2D eigenvalue weighted by Gasteiger charge is -2.15. The van der Waals surface area contributed by atoms with Crippen LogP contribution >= 0.6 is 0 Å². The summed E-state index contributed by atoms with van der Waals surface area (Å²) in [4.78, 5) is 118. The molecule has 0 unspecified atom stereocenters. The number of hydrogen-bond donors (Lipinski definition) is 8. The van der Waals surface area contributed by atoms with Crippen LogP contribution in [0.25, 0.3) is 0 Å². The van der Waals surface area contributed by atoms with Crippen molar-refractivity contribution in [1.29, 1.82) is 0 Å². The standard InChI is InChI=1S/C24H14O20/c25-15(26)5-3-7(11(19(33)34)13(21(37)38)9(5)17(29)30)23(41)43-1-2-44-24(42)8-4-6(16(27)28)10(18(31)32)14(22(39)40)12(8)20(35)36/h3-4H,1-2H2,(H,25,26)(H,27,28)(H,29,30)(H,31,32)(H,33,34)(H,35,36)(H,37,38)(H,39,40). The Morgan fingerprint density at radius 3 is 0.795 bits per heavy atom. The lowest BCUT2D eigenvalue weighted by Crippen LogP contribution is -2.25. The topological polar surface area (TPSA) is 351 Å². The Morgan fingerprint density at radius 2 is 0.591 bits per heavy atom. The number of esters is 2. The molecule has 20 nitrogen and oxygen atoms in total. The monoisotopic (exact) mass is 622 g/mol. The predicted octanol–water partition coefficient (Wildman–Crippen LogP) is 0.286. The summed E-state index contributed by atoms with van der Waals surface area (Å²) >= 11 is 0. The Bertz CT molecular complexity index is 1590. The molecule has 0 amide bonds. The molecule has 2 rings (SSSR count). The molecule has 0 radical (unpaired) electrons. The van der Waals surface area contributed by atoms with Gasteiger partial charge in [0.05, 0.1) is 55.6 Å². The molecule has 0 atom stereocenters. The van der Waals surface area contributed by atoms with Crippen molar-refractivity contribution in [3.05, 3.63) is 67.8 Å². The van der Waals surface area contributed by atoms with Gasteiger partial charge in [0.25, 0.3) is 0 Å². The molecule has 2 aromatic rings. The molecule has 0 fully saturated rings. The molecule has 0 aliphatic carbocycles. The van der Waals surface area contributed by atoms with E-state index in [1.807, 2.05) is 0 Å². The van der Waals surface area contributed by atoms with Gasteiger partial charge in [0, 0.05) is 0 Å². The average Bonchev–Trinajstić information content (AvgIpc) is 2.91. The quantitative estimate of drug-likeness (QED) is 0.110. The van der Waals surface area contributed by atoms with E-state index in [9.17, 15) is 88.8 Å². The summed E-state index contributed by atoms with van der Waals surface area (Å²) < 4.78 is 9.26. The van der Waals surface area contributed by atoms with Crippen LogP contribution in [-0.2, 0) is 9.47 Å². The molecular formula is C24H14O20. The first kappa shape index (κ1) is 33.3. The van der Waals surface area contributed by atoms with Crippen LogP contribution in [-0.4, -0.2) is 114 Å². The molecule has 0 aliphatic heterocycles. The molecule has 0 spiro atoms. The summed E-state index contributed by atoms with van der Waals surface area (Å²) in [6.45, 7) is -2.13. The highest BCUT2D eigenvalue weighted by molar-refractivity contribution is 6.19. The summed E-state index contributed by atoms with van der Waals surface area (Å²) in [5.41, 5.74) is -14.2. The minimum Gasteiger partial charge on any atom is -0.478 e. The fourth-order valence-corrected chi connectivity index (χ4v) is 3.77. The number of aromatic carboxylic acids is 8. The van der Waals surface area contributed by atoms with Gasteiger partial charge in [-0.25, -0.2) is 47.9 Å². The molecule has 2 aromatic carbocycles. The molecule has 0 aromatic heterocycles. The van der Waals surface area contributed by atoms with Gasteiger partial charge in [-0.15, -0.1) is 0 Å². The van der Waals surface area contributed by atoms with Gasteiger partial charge in [0.2, 0.25) is 0 Å². The Labute approximate surface area is 239 Å². The summed E-state index contributed by atoms with van der Waals surface area (Å²) in [6.07, 6.45) is 0.